The molecular formula is C24H23N5O2. The van der Waals surface area contributed by atoms with Crippen molar-refractivity contribution >= 4 is 22.6 Å². The smallest absolute Gasteiger partial charge is 0.259 e. The summed E-state index contributed by atoms with van der Waals surface area (Å²) in [4.78, 5) is 26.9. The third kappa shape index (κ3) is 4.45. The molecule has 2 aromatic carbocycles. The lowest BCUT2D eigenvalue weighted by Crippen LogP contribution is -2.27. The van der Waals surface area contributed by atoms with E-state index < -0.39 is 0 Å². The number of aromatic nitrogens is 3. The Kier molecular flexibility index (Phi) is 5.75. The van der Waals surface area contributed by atoms with Gasteiger partial charge in [0.05, 0.1) is 5.52 Å². The monoisotopic (exact) mass is 413 g/mol. The molecule has 0 saturated heterocycles. The number of carbonyl (C=O) groups excluding carboxylic acids is 1. The number of nitrogens with zero attached hydrogens (tertiary/aromatic N) is 4. The molecule has 7 nitrogen and oxygen atoms in total. The number of nitrogens with one attached hydrogen (secondary N) is 1. The summed E-state index contributed by atoms with van der Waals surface area (Å²) in [6.45, 7) is 0.00139. The number of rotatable bonds is 6. The van der Waals surface area contributed by atoms with Gasteiger partial charge in [0.1, 0.15) is 11.6 Å². The summed E-state index contributed by atoms with van der Waals surface area (Å²) in [7, 11) is 5.26. The highest BCUT2D eigenvalue weighted by atomic mass is 16.5. The van der Waals surface area contributed by atoms with Gasteiger partial charge in [0.25, 0.3) is 5.91 Å². The first-order chi connectivity index (χ1) is 15.0. The molecule has 0 aliphatic carbocycles. The van der Waals surface area contributed by atoms with Crippen molar-refractivity contribution in [2.75, 3.05) is 33.1 Å². The maximum absolute atomic E-state index is 11.8. The lowest BCUT2D eigenvalue weighted by Gasteiger charge is -2.12. The molecule has 7 heteroatoms. The number of hydrogen-bond donors (Lipinski definition) is 1. The highest BCUT2D eigenvalue weighted by Gasteiger charge is 2.11. The number of carbonyl (C=O) groups is 1. The second-order valence-electron chi connectivity index (χ2n) is 7.22. The normalized spacial score (nSPS) is 10.7. The van der Waals surface area contributed by atoms with E-state index >= 15 is 0 Å². The number of fused-ring (bicyclic) bond motifs is 1. The Morgan fingerprint density at radius 2 is 1.81 bits per heavy atom. The molecule has 0 unspecified atom stereocenters. The van der Waals surface area contributed by atoms with Gasteiger partial charge in [0.15, 0.2) is 12.4 Å². The van der Waals surface area contributed by atoms with Crippen LogP contribution in [-0.2, 0) is 4.79 Å². The fourth-order valence-corrected chi connectivity index (χ4v) is 3.16. The van der Waals surface area contributed by atoms with Gasteiger partial charge in [-0.15, -0.1) is 0 Å². The van der Waals surface area contributed by atoms with Crippen molar-refractivity contribution in [3.05, 3.63) is 67.0 Å². The van der Waals surface area contributed by atoms with Crippen LogP contribution in [0.1, 0.15) is 0 Å². The zero-order valence-corrected chi connectivity index (χ0v) is 17.7. The Hall–Kier alpha value is -4.00. The second-order valence-corrected chi connectivity index (χ2v) is 7.22. The van der Waals surface area contributed by atoms with Crippen LogP contribution in [0.5, 0.6) is 5.75 Å². The van der Waals surface area contributed by atoms with Crippen molar-refractivity contribution in [3.8, 4) is 28.3 Å². The quantitative estimate of drug-likeness (QED) is 0.517. The predicted molar refractivity (Wildman–Crippen MR) is 122 cm³/mol. The molecule has 2 heterocycles. The van der Waals surface area contributed by atoms with E-state index in [9.17, 15) is 4.79 Å². The molecule has 156 valence electrons. The zero-order chi connectivity index (χ0) is 21.8. The highest BCUT2D eigenvalue weighted by Crippen LogP contribution is 2.30. The van der Waals surface area contributed by atoms with Crippen molar-refractivity contribution in [3.63, 3.8) is 0 Å². The standard InChI is InChI=1S/C24H23N5O2/c1-25-24-20-10-9-17(13-21(20)27-23(28-24)18-7-5-11-26-14-18)16-6-4-8-19(12-16)31-15-22(30)29(2)3/h4-14H,15H2,1-3H3,(H,25,27,28). The lowest BCUT2D eigenvalue weighted by molar-refractivity contribution is -0.130. The fourth-order valence-electron chi connectivity index (χ4n) is 3.16. The zero-order valence-electron chi connectivity index (χ0n) is 17.7. The molecule has 2 aromatic heterocycles. The molecule has 1 N–H and O–H groups in total. The molecule has 0 bridgehead atoms. The minimum absolute atomic E-state index is 0.00139. The molecular weight excluding hydrogens is 390 g/mol. The second kappa shape index (κ2) is 8.79. The largest absolute Gasteiger partial charge is 0.484 e. The van der Waals surface area contributed by atoms with E-state index in [1.807, 2.05) is 61.6 Å². The Balaban J connectivity index is 1.70. The summed E-state index contributed by atoms with van der Waals surface area (Å²) in [5.74, 6) is 1.92. The molecule has 0 saturated carbocycles. The van der Waals surface area contributed by atoms with E-state index in [1.165, 1.54) is 4.90 Å². The van der Waals surface area contributed by atoms with E-state index in [0.29, 0.717) is 11.6 Å². The van der Waals surface area contributed by atoms with Crippen LogP contribution < -0.4 is 10.1 Å². The molecule has 0 aliphatic heterocycles. The summed E-state index contributed by atoms with van der Waals surface area (Å²) in [6.07, 6.45) is 3.48. The minimum Gasteiger partial charge on any atom is -0.484 e. The van der Waals surface area contributed by atoms with Crippen molar-refractivity contribution in [1.82, 2.24) is 19.9 Å². The average molecular weight is 413 g/mol. The van der Waals surface area contributed by atoms with Gasteiger partial charge in [-0.3, -0.25) is 9.78 Å². The summed E-state index contributed by atoms with van der Waals surface area (Å²) in [6, 6.07) is 17.5. The summed E-state index contributed by atoms with van der Waals surface area (Å²) < 4.78 is 5.66. The molecule has 0 radical (unpaired) electrons. The van der Waals surface area contributed by atoms with Gasteiger partial charge in [0, 0.05) is 44.5 Å². The number of pyridine rings is 1. The average Bonchev–Trinajstić information content (AvgIpc) is 2.82. The molecule has 0 spiro atoms. The van der Waals surface area contributed by atoms with Crippen LogP contribution in [-0.4, -0.2) is 53.5 Å². The van der Waals surface area contributed by atoms with Gasteiger partial charge in [-0.05, 0) is 47.5 Å². The lowest BCUT2D eigenvalue weighted by atomic mass is 10.0. The van der Waals surface area contributed by atoms with Crippen molar-refractivity contribution in [2.45, 2.75) is 0 Å². The molecule has 0 aliphatic rings. The Bertz CT molecular complexity index is 1230. The number of amides is 1. The van der Waals surface area contributed by atoms with E-state index in [4.69, 9.17) is 9.72 Å². The molecule has 1 amide bonds. The molecule has 0 atom stereocenters. The topological polar surface area (TPSA) is 80.2 Å². The van der Waals surface area contributed by atoms with Crippen LogP contribution in [0.2, 0.25) is 0 Å². The number of anilines is 1. The minimum atomic E-state index is -0.0877. The van der Waals surface area contributed by atoms with Crippen molar-refractivity contribution < 1.29 is 9.53 Å². The summed E-state index contributed by atoms with van der Waals surface area (Å²) >= 11 is 0. The van der Waals surface area contributed by atoms with Gasteiger partial charge in [-0.25, -0.2) is 9.97 Å². The number of likely N-dealkylation sites (N-methyl/N-ethyl adjacent to an activating group) is 1. The van der Waals surface area contributed by atoms with E-state index in [2.05, 4.69) is 15.3 Å². The molecule has 0 fully saturated rings. The molecule has 4 rings (SSSR count). The van der Waals surface area contributed by atoms with E-state index in [-0.39, 0.29) is 12.5 Å². The Labute approximate surface area is 180 Å². The van der Waals surface area contributed by atoms with Crippen molar-refractivity contribution in [2.24, 2.45) is 0 Å². The van der Waals surface area contributed by atoms with Gasteiger partial charge < -0.3 is 15.0 Å². The number of benzene rings is 2. The van der Waals surface area contributed by atoms with Crippen LogP contribution >= 0.6 is 0 Å². The van der Waals surface area contributed by atoms with Crippen LogP contribution in [0.3, 0.4) is 0 Å². The number of ether oxygens (including phenoxy) is 1. The summed E-state index contributed by atoms with van der Waals surface area (Å²) in [5.41, 5.74) is 3.65. The first-order valence-electron chi connectivity index (χ1n) is 9.88. The van der Waals surface area contributed by atoms with Gasteiger partial charge in [-0.1, -0.05) is 18.2 Å². The fraction of sp³-hybridized carbons (Fsp3) is 0.167. The maximum Gasteiger partial charge on any atom is 0.259 e. The Morgan fingerprint density at radius 1 is 1.00 bits per heavy atom. The van der Waals surface area contributed by atoms with Gasteiger partial charge in [-0.2, -0.15) is 0 Å². The Morgan fingerprint density at radius 3 is 2.55 bits per heavy atom. The number of hydrogen-bond acceptors (Lipinski definition) is 6. The van der Waals surface area contributed by atoms with Crippen LogP contribution in [0.25, 0.3) is 33.4 Å². The highest BCUT2D eigenvalue weighted by molar-refractivity contribution is 5.93. The van der Waals surface area contributed by atoms with Crippen LogP contribution in [0, 0.1) is 0 Å². The maximum atomic E-state index is 11.8. The van der Waals surface area contributed by atoms with Crippen LogP contribution in [0.15, 0.2) is 67.0 Å². The third-order valence-corrected chi connectivity index (χ3v) is 4.88. The van der Waals surface area contributed by atoms with E-state index in [1.54, 1.807) is 26.5 Å². The molecule has 4 aromatic rings. The summed E-state index contributed by atoms with van der Waals surface area (Å²) in [5, 5.41) is 4.09. The van der Waals surface area contributed by atoms with Gasteiger partial charge >= 0.3 is 0 Å². The third-order valence-electron chi connectivity index (χ3n) is 4.88. The van der Waals surface area contributed by atoms with E-state index in [0.717, 1.165) is 33.4 Å². The van der Waals surface area contributed by atoms with Gasteiger partial charge in [0.2, 0.25) is 0 Å². The first kappa shape index (κ1) is 20.3. The van der Waals surface area contributed by atoms with Crippen LogP contribution in [0.4, 0.5) is 5.82 Å². The van der Waals surface area contributed by atoms with Crippen molar-refractivity contribution in [1.29, 1.82) is 0 Å². The SMILES string of the molecule is CNc1nc(-c2cccnc2)nc2cc(-c3cccc(OCC(=O)N(C)C)c3)ccc12. The first-order valence-corrected chi connectivity index (χ1v) is 9.88. The molecule has 31 heavy (non-hydrogen) atoms. The predicted octanol–water partition coefficient (Wildman–Crippen LogP) is 3.87.